The number of nitrogens with zero attached hydrogens (tertiary/aromatic N) is 1. The van der Waals surface area contributed by atoms with Crippen LogP contribution in [-0.4, -0.2) is 10.1 Å². The fourth-order valence-corrected chi connectivity index (χ4v) is 3.79. The smallest absolute Gasteiger partial charge is 0.215 e. The van der Waals surface area contributed by atoms with E-state index < -0.39 is 0 Å². The number of thiophene rings is 2. The van der Waals surface area contributed by atoms with Crippen molar-refractivity contribution in [2.45, 2.75) is 5.92 Å². The van der Waals surface area contributed by atoms with E-state index in [2.05, 4.69) is 27.9 Å². The van der Waals surface area contributed by atoms with Crippen LogP contribution in [0.2, 0.25) is 0 Å². The van der Waals surface area contributed by atoms with Gasteiger partial charge in [0.15, 0.2) is 0 Å². The van der Waals surface area contributed by atoms with Crippen LogP contribution >= 0.6 is 22.7 Å². The molecule has 0 aliphatic rings. The molecule has 0 spiro atoms. The summed E-state index contributed by atoms with van der Waals surface area (Å²) in [5, 5.41) is 14.1. The van der Waals surface area contributed by atoms with Crippen molar-refractivity contribution in [1.29, 1.82) is 0 Å². The molecule has 3 rings (SSSR count). The summed E-state index contributed by atoms with van der Waals surface area (Å²) in [5.41, 5.74) is 0.863. The van der Waals surface area contributed by atoms with Gasteiger partial charge < -0.3 is 5.11 Å². The Labute approximate surface area is 113 Å². The minimum atomic E-state index is 0.0821. The zero-order valence-corrected chi connectivity index (χ0v) is 11.1. The maximum Gasteiger partial charge on any atom is 0.215 e. The summed E-state index contributed by atoms with van der Waals surface area (Å²) in [7, 11) is 0. The second-order valence-corrected chi connectivity index (χ2v) is 5.84. The van der Waals surface area contributed by atoms with Gasteiger partial charge in [-0.05, 0) is 29.0 Å². The Hall–Kier alpha value is -1.65. The maximum absolute atomic E-state index is 9.98. The van der Waals surface area contributed by atoms with Crippen molar-refractivity contribution in [2.24, 2.45) is 0 Å². The van der Waals surface area contributed by atoms with Crippen molar-refractivity contribution < 1.29 is 5.11 Å². The molecule has 0 amide bonds. The molecule has 0 aliphatic carbocycles. The molecular weight excluding hydrogens is 262 g/mol. The molecule has 4 heteroatoms. The molecule has 3 aromatic heterocycles. The molecule has 0 atom stereocenters. The van der Waals surface area contributed by atoms with Crippen LogP contribution in [0.4, 0.5) is 0 Å². The Morgan fingerprint density at radius 1 is 0.944 bits per heavy atom. The zero-order chi connectivity index (χ0) is 12.4. The summed E-state index contributed by atoms with van der Waals surface area (Å²) < 4.78 is 0. The molecule has 3 aromatic rings. The number of aromatic nitrogens is 1. The third kappa shape index (κ3) is 2.05. The van der Waals surface area contributed by atoms with Gasteiger partial charge in [-0.2, -0.15) is 0 Å². The lowest BCUT2D eigenvalue weighted by Gasteiger charge is -2.15. The Balaban J connectivity index is 2.15. The van der Waals surface area contributed by atoms with Crippen molar-refractivity contribution in [3.05, 3.63) is 68.7 Å². The molecule has 0 saturated carbocycles. The predicted molar refractivity (Wildman–Crippen MR) is 75.5 cm³/mol. The highest BCUT2D eigenvalue weighted by molar-refractivity contribution is 7.11. The van der Waals surface area contributed by atoms with Crippen LogP contribution in [0.3, 0.4) is 0 Å². The van der Waals surface area contributed by atoms with Crippen LogP contribution in [0.15, 0.2) is 53.4 Å². The molecule has 2 nitrogen and oxygen atoms in total. The predicted octanol–water partition coefficient (Wildman–Crippen LogP) is 4.09. The third-order valence-electron chi connectivity index (χ3n) is 2.78. The fraction of sp³-hybridized carbons (Fsp3) is 0.0714. The average Bonchev–Trinajstić information content (AvgIpc) is 3.05. The number of hydrogen-bond donors (Lipinski definition) is 1. The Bertz CT molecular complexity index is 583. The molecule has 90 valence electrons. The van der Waals surface area contributed by atoms with Gasteiger partial charge in [-0.3, -0.25) is 0 Å². The van der Waals surface area contributed by atoms with Gasteiger partial charge in [-0.1, -0.05) is 18.2 Å². The van der Waals surface area contributed by atoms with Crippen LogP contribution in [0.25, 0.3) is 0 Å². The van der Waals surface area contributed by atoms with E-state index in [4.69, 9.17) is 0 Å². The highest BCUT2D eigenvalue weighted by atomic mass is 32.1. The first-order valence-corrected chi connectivity index (χ1v) is 7.33. The van der Waals surface area contributed by atoms with Gasteiger partial charge in [0.05, 0.1) is 5.92 Å². The van der Waals surface area contributed by atoms with Gasteiger partial charge in [-0.25, -0.2) is 4.98 Å². The van der Waals surface area contributed by atoms with E-state index in [1.165, 1.54) is 9.75 Å². The van der Waals surface area contributed by atoms with Gasteiger partial charge in [-0.15, -0.1) is 22.7 Å². The molecular formula is C14H11NOS2. The van der Waals surface area contributed by atoms with E-state index in [-0.39, 0.29) is 11.8 Å². The monoisotopic (exact) mass is 273 g/mol. The molecule has 1 N–H and O–H groups in total. The van der Waals surface area contributed by atoms with Crippen molar-refractivity contribution in [3.8, 4) is 5.88 Å². The SMILES string of the molecule is Oc1ncccc1C(c1cccs1)c1cccs1. The average molecular weight is 273 g/mol. The number of pyridine rings is 1. The minimum Gasteiger partial charge on any atom is -0.493 e. The number of aromatic hydroxyl groups is 1. The van der Waals surface area contributed by atoms with Gasteiger partial charge in [0, 0.05) is 21.5 Å². The summed E-state index contributed by atoms with van der Waals surface area (Å²) in [6.07, 6.45) is 1.61. The molecule has 18 heavy (non-hydrogen) atoms. The first kappa shape index (κ1) is 11.4. The lowest BCUT2D eigenvalue weighted by molar-refractivity contribution is 0.445. The summed E-state index contributed by atoms with van der Waals surface area (Å²) >= 11 is 3.40. The Morgan fingerprint density at radius 3 is 2.11 bits per heavy atom. The van der Waals surface area contributed by atoms with Crippen molar-refractivity contribution >= 4 is 22.7 Å². The highest BCUT2D eigenvalue weighted by Crippen LogP contribution is 2.39. The lowest BCUT2D eigenvalue weighted by atomic mass is 9.97. The Kier molecular flexibility index (Phi) is 3.13. The van der Waals surface area contributed by atoms with E-state index in [1.54, 1.807) is 28.9 Å². The first-order valence-electron chi connectivity index (χ1n) is 5.57. The summed E-state index contributed by atoms with van der Waals surface area (Å²) in [4.78, 5) is 6.43. The van der Waals surface area contributed by atoms with Crippen LogP contribution in [-0.2, 0) is 0 Å². The minimum absolute atomic E-state index is 0.0821. The zero-order valence-electron chi connectivity index (χ0n) is 9.48. The number of hydrogen-bond acceptors (Lipinski definition) is 4. The molecule has 0 aromatic carbocycles. The van der Waals surface area contributed by atoms with Crippen LogP contribution in [0, 0.1) is 0 Å². The molecule has 3 heterocycles. The lowest BCUT2D eigenvalue weighted by Crippen LogP contribution is -2.00. The quantitative estimate of drug-likeness (QED) is 0.779. The van der Waals surface area contributed by atoms with E-state index in [9.17, 15) is 5.11 Å². The summed E-state index contributed by atoms with van der Waals surface area (Å²) in [6.45, 7) is 0. The number of rotatable bonds is 3. The van der Waals surface area contributed by atoms with Crippen LogP contribution in [0.1, 0.15) is 21.2 Å². The topological polar surface area (TPSA) is 33.1 Å². The molecule has 0 saturated heterocycles. The van der Waals surface area contributed by atoms with Gasteiger partial charge >= 0.3 is 0 Å². The van der Waals surface area contributed by atoms with Crippen LogP contribution in [0.5, 0.6) is 5.88 Å². The second kappa shape index (κ2) is 4.92. The molecule has 0 bridgehead atoms. The van der Waals surface area contributed by atoms with Gasteiger partial charge in [0.1, 0.15) is 0 Å². The molecule has 0 unspecified atom stereocenters. The normalized spacial score (nSPS) is 10.9. The summed E-state index contributed by atoms with van der Waals surface area (Å²) in [6, 6.07) is 12.1. The molecule has 0 radical (unpaired) electrons. The van der Waals surface area contributed by atoms with Crippen LogP contribution < -0.4 is 0 Å². The fourth-order valence-electron chi connectivity index (χ4n) is 1.99. The highest BCUT2D eigenvalue weighted by Gasteiger charge is 2.21. The third-order valence-corrected chi connectivity index (χ3v) is 4.66. The van der Waals surface area contributed by atoms with E-state index in [1.807, 2.05) is 24.3 Å². The van der Waals surface area contributed by atoms with Crippen molar-refractivity contribution in [2.75, 3.05) is 0 Å². The van der Waals surface area contributed by atoms with E-state index in [0.29, 0.717) is 0 Å². The standard InChI is InChI=1S/C14H11NOS2/c16-14-10(4-1-7-15-14)13(11-5-2-8-17-11)12-6-3-9-18-12/h1-9,13H,(H,15,16). The van der Waals surface area contributed by atoms with E-state index >= 15 is 0 Å². The van der Waals surface area contributed by atoms with Gasteiger partial charge in [0.2, 0.25) is 5.88 Å². The summed E-state index contributed by atoms with van der Waals surface area (Å²) in [5.74, 6) is 0.197. The first-order chi connectivity index (χ1) is 8.86. The molecule has 0 aliphatic heterocycles. The van der Waals surface area contributed by atoms with Crippen molar-refractivity contribution in [3.63, 3.8) is 0 Å². The maximum atomic E-state index is 9.98. The van der Waals surface area contributed by atoms with E-state index in [0.717, 1.165) is 5.56 Å². The largest absolute Gasteiger partial charge is 0.493 e. The Morgan fingerprint density at radius 2 is 1.61 bits per heavy atom. The second-order valence-electron chi connectivity index (χ2n) is 3.88. The van der Waals surface area contributed by atoms with Crippen molar-refractivity contribution in [1.82, 2.24) is 4.98 Å². The molecule has 0 fully saturated rings. The van der Waals surface area contributed by atoms with Gasteiger partial charge in [0.25, 0.3) is 0 Å².